The van der Waals surface area contributed by atoms with E-state index in [9.17, 15) is 9.90 Å². The van der Waals surface area contributed by atoms with Crippen LogP contribution in [0.5, 0.6) is 5.75 Å². The molecule has 0 radical (unpaired) electrons. The number of methoxy groups -OCH3 is 1. The number of aliphatic hydroxyl groups is 1. The van der Waals surface area contributed by atoms with E-state index in [1.807, 2.05) is 31.2 Å². The minimum Gasteiger partial charge on any atom is -0.491 e. The highest BCUT2D eigenvalue weighted by molar-refractivity contribution is 5.69. The summed E-state index contributed by atoms with van der Waals surface area (Å²) in [5.74, 6) is 0.499. The third kappa shape index (κ3) is 6.54. The lowest BCUT2D eigenvalue weighted by Gasteiger charge is -2.12. The van der Waals surface area contributed by atoms with Crippen molar-refractivity contribution in [1.82, 2.24) is 5.32 Å². The molecule has 0 saturated heterocycles. The SMILES string of the molecule is CCNCC(O)COc1ccc(CCC(=O)OC)cc1. The van der Waals surface area contributed by atoms with Crippen molar-refractivity contribution in [3.63, 3.8) is 0 Å². The maximum Gasteiger partial charge on any atom is 0.305 e. The lowest BCUT2D eigenvalue weighted by Crippen LogP contribution is -2.31. The highest BCUT2D eigenvalue weighted by atomic mass is 16.5. The molecule has 0 bridgehead atoms. The minimum absolute atomic E-state index is 0.211. The highest BCUT2D eigenvalue weighted by Gasteiger charge is 2.05. The first-order valence-electron chi connectivity index (χ1n) is 6.83. The van der Waals surface area contributed by atoms with Crippen LogP contribution < -0.4 is 10.1 Å². The number of rotatable bonds is 9. The molecule has 0 saturated carbocycles. The number of benzene rings is 1. The van der Waals surface area contributed by atoms with Gasteiger partial charge in [-0.3, -0.25) is 4.79 Å². The van der Waals surface area contributed by atoms with Crippen LogP contribution in [0.3, 0.4) is 0 Å². The molecule has 5 nitrogen and oxygen atoms in total. The second kappa shape index (κ2) is 9.34. The van der Waals surface area contributed by atoms with Crippen molar-refractivity contribution in [2.75, 3.05) is 26.8 Å². The van der Waals surface area contributed by atoms with Gasteiger partial charge in [0.05, 0.1) is 7.11 Å². The lowest BCUT2D eigenvalue weighted by molar-refractivity contribution is -0.140. The number of aliphatic hydroxyl groups excluding tert-OH is 1. The molecule has 0 spiro atoms. The molecule has 0 heterocycles. The second-order valence-corrected chi connectivity index (χ2v) is 4.49. The van der Waals surface area contributed by atoms with Gasteiger partial charge >= 0.3 is 5.97 Å². The van der Waals surface area contributed by atoms with Crippen molar-refractivity contribution in [3.8, 4) is 5.75 Å². The number of likely N-dealkylation sites (N-methyl/N-ethyl adjacent to an activating group) is 1. The topological polar surface area (TPSA) is 67.8 Å². The van der Waals surface area contributed by atoms with Gasteiger partial charge in [-0.15, -0.1) is 0 Å². The molecule has 0 amide bonds. The Kier molecular flexibility index (Phi) is 7.69. The van der Waals surface area contributed by atoms with E-state index in [1.165, 1.54) is 7.11 Å². The normalized spacial score (nSPS) is 11.9. The number of aryl methyl sites for hydroxylation is 1. The summed E-state index contributed by atoms with van der Waals surface area (Å²) in [6.07, 6.45) is 0.502. The van der Waals surface area contributed by atoms with Crippen molar-refractivity contribution < 1.29 is 19.4 Å². The summed E-state index contributed by atoms with van der Waals surface area (Å²) in [5, 5.41) is 12.7. The van der Waals surface area contributed by atoms with Gasteiger partial charge in [0.2, 0.25) is 0 Å². The predicted octanol–water partition coefficient (Wildman–Crippen LogP) is 1.14. The molecular weight excluding hydrogens is 258 g/mol. The Morgan fingerprint density at radius 2 is 2.05 bits per heavy atom. The highest BCUT2D eigenvalue weighted by Crippen LogP contribution is 2.13. The number of hydrogen-bond donors (Lipinski definition) is 2. The molecule has 1 atom stereocenters. The number of carbonyl (C=O) groups is 1. The Hall–Kier alpha value is -1.59. The molecule has 0 fully saturated rings. The van der Waals surface area contributed by atoms with Gasteiger partial charge in [-0.25, -0.2) is 0 Å². The van der Waals surface area contributed by atoms with Gasteiger partial charge in [0, 0.05) is 13.0 Å². The Labute approximate surface area is 119 Å². The number of hydrogen-bond acceptors (Lipinski definition) is 5. The largest absolute Gasteiger partial charge is 0.491 e. The Bertz CT molecular complexity index is 391. The van der Waals surface area contributed by atoms with Crippen LogP contribution in [0, 0.1) is 0 Å². The van der Waals surface area contributed by atoms with Gasteiger partial charge in [-0.05, 0) is 30.7 Å². The third-order valence-corrected chi connectivity index (χ3v) is 2.84. The zero-order chi connectivity index (χ0) is 14.8. The van der Waals surface area contributed by atoms with Crippen LogP contribution in [0.25, 0.3) is 0 Å². The van der Waals surface area contributed by atoms with E-state index in [2.05, 4.69) is 10.1 Å². The van der Waals surface area contributed by atoms with Gasteiger partial charge in [-0.2, -0.15) is 0 Å². The van der Waals surface area contributed by atoms with Crippen molar-refractivity contribution in [2.24, 2.45) is 0 Å². The monoisotopic (exact) mass is 281 g/mol. The molecule has 0 aliphatic rings. The number of nitrogens with one attached hydrogen (secondary N) is 1. The summed E-state index contributed by atoms with van der Waals surface area (Å²) in [7, 11) is 1.39. The Morgan fingerprint density at radius 1 is 1.35 bits per heavy atom. The Balaban J connectivity index is 2.33. The maximum absolute atomic E-state index is 11.0. The van der Waals surface area contributed by atoms with Crippen molar-refractivity contribution >= 4 is 5.97 Å². The fourth-order valence-corrected chi connectivity index (χ4v) is 1.66. The summed E-state index contributed by atoms with van der Waals surface area (Å²) in [4.78, 5) is 11.0. The zero-order valence-electron chi connectivity index (χ0n) is 12.1. The van der Waals surface area contributed by atoms with Crippen LogP contribution in [0.15, 0.2) is 24.3 Å². The van der Waals surface area contributed by atoms with Crippen LogP contribution in [0.1, 0.15) is 18.9 Å². The van der Waals surface area contributed by atoms with Gasteiger partial charge in [0.15, 0.2) is 0 Å². The summed E-state index contributed by atoms with van der Waals surface area (Å²) in [6, 6.07) is 7.50. The van der Waals surface area contributed by atoms with Crippen molar-refractivity contribution in [2.45, 2.75) is 25.9 Å². The Morgan fingerprint density at radius 3 is 2.65 bits per heavy atom. The molecule has 1 aromatic carbocycles. The van der Waals surface area contributed by atoms with Crippen LogP contribution in [-0.2, 0) is 16.0 Å². The first-order chi connectivity index (χ1) is 9.65. The van der Waals surface area contributed by atoms with Crippen LogP contribution in [0.4, 0.5) is 0 Å². The summed E-state index contributed by atoms with van der Waals surface area (Å²) in [5.41, 5.74) is 1.05. The quantitative estimate of drug-likeness (QED) is 0.664. The molecule has 5 heteroatoms. The first-order valence-corrected chi connectivity index (χ1v) is 6.83. The number of esters is 1. The molecule has 0 aromatic heterocycles. The predicted molar refractivity (Wildman–Crippen MR) is 76.8 cm³/mol. The van der Waals surface area contributed by atoms with Crippen LogP contribution in [-0.4, -0.2) is 44.0 Å². The van der Waals surface area contributed by atoms with Gasteiger partial charge < -0.3 is 19.9 Å². The van der Waals surface area contributed by atoms with Gasteiger partial charge in [0.25, 0.3) is 0 Å². The van der Waals surface area contributed by atoms with E-state index in [0.717, 1.165) is 12.1 Å². The van der Waals surface area contributed by atoms with E-state index >= 15 is 0 Å². The number of carbonyl (C=O) groups excluding carboxylic acids is 1. The number of ether oxygens (including phenoxy) is 2. The molecule has 112 valence electrons. The smallest absolute Gasteiger partial charge is 0.305 e. The molecule has 1 rings (SSSR count). The molecule has 2 N–H and O–H groups in total. The van der Waals surface area contributed by atoms with Crippen LogP contribution in [0.2, 0.25) is 0 Å². The summed E-state index contributed by atoms with van der Waals surface area (Å²) in [6.45, 7) is 3.59. The van der Waals surface area contributed by atoms with E-state index in [0.29, 0.717) is 25.1 Å². The van der Waals surface area contributed by atoms with E-state index in [4.69, 9.17) is 4.74 Å². The van der Waals surface area contributed by atoms with E-state index < -0.39 is 6.10 Å². The molecule has 0 aliphatic heterocycles. The lowest BCUT2D eigenvalue weighted by atomic mass is 10.1. The fourth-order valence-electron chi connectivity index (χ4n) is 1.66. The average Bonchev–Trinajstić information content (AvgIpc) is 2.49. The minimum atomic E-state index is -0.519. The zero-order valence-corrected chi connectivity index (χ0v) is 12.1. The fraction of sp³-hybridized carbons (Fsp3) is 0.533. The molecule has 1 unspecified atom stereocenters. The van der Waals surface area contributed by atoms with Crippen molar-refractivity contribution in [1.29, 1.82) is 0 Å². The van der Waals surface area contributed by atoms with Crippen LogP contribution >= 0.6 is 0 Å². The molecule has 20 heavy (non-hydrogen) atoms. The molecular formula is C15H23NO4. The summed E-state index contributed by atoms with van der Waals surface area (Å²) < 4.78 is 10.1. The van der Waals surface area contributed by atoms with Crippen molar-refractivity contribution in [3.05, 3.63) is 29.8 Å². The van der Waals surface area contributed by atoms with Gasteiger partial charge in [0.1, 0.15) is 18.5 Å². The third-order valence-electron chi connectivity index (χ3n) is 2.84. The standard InChI is InChI=1S/C15H23NO4/c1-3-16-10-13(17)11-20-14-7-4-12(5-8-14)6-9-15(18)19-2/h4-5,7-8,13,16-17H,3,6,9-11H2,1-2H3. The maximum atomic E-state index is 11.0. The first kappa shape index (κ1) is 16.5. The molecule has 0 aliphatic carbocycles. The molecule has 1 aromatic rings. The van der Waals surface area contributed by atoms with Gasteiger partial charge in [-0.1, -0.05) is 19.1 Å². The second-order valence-electron chi connectivity index (χ2n) is 4.49. The summed E-state index contributed by atoms with van der Waals surface area (Å²) >= 11 is 0. The average molecular weight is 281 g/mol. The van der Waals surface area contributed by atoms with E-state index in [-0.39, 0.29) is 12.6 Å². The van der Waals surface area contributed by atoms with E-state index in [1.54, 1.807) is 0 Å².